The van der Waals surface area contributed by atoms with Crippen molar-refractivity contribution in [1.82, 2.24) is 20.4 Å². The highest BCUT2D eigenvalue weighted by atomic mass is 19.1. The van der Waals surface area contributed by atoms with Crippen LogP contribution in [0.2, 0.25) is 0 Å². The smallest absolute Gasteiger partial charge is 0.408 e. The highest BCUT2D eigenvalue weighted by Crippen LogP contribution is 2.28. The number of ether oxygens (including phenoxy) is 1. The standard InChI is InChI=1S/C21H27FN4O4/c1-13(23-20(28)29-21(2,3)4)19(27)26-10-6-8-15(12-26)18-24-17(25-30-18)14-7-5-9-16(22)11-14/h5,7,9,11,13,15H,6,8,10,12H2,1-4H3,(H,23,28)/t13-,15?/m1/s1. The monoisotopic (exact) mass is 418 g/mol. The summed E-state index contributed by atoms with van der Waals surface area (Å²) >= 11 is 0. The fraction of sp³-hybridized carbons (Fsp3) is 0.524. The van der Waals surface area contributed by atoms with E-state index in [1.807, 2.05) is 0 Å². The van der Waals surface area contributed by atoms with Crippen LogP contribution in [0.3, 0.4) is 0 Å². The largest absolute Gasteiger partial charge is 0.444 e. The van der Waals surface area contributed by atoms with E-state index in [0.29, 0.717) is 30.4 Å². The average Bonchev–Trinajstić information content (AvgIpc) is 3.16. The zero-order chi connectivity index (χ0) is 21.9. The summed E-state index contributed by atoms with van der Waals surface area (Å²) in [6, 6.07) is 5.26. The second-order valence-corrected chi connectivity index (χ2v) is 8.46. The summed E-state index contributed by atoms with van der Waals surface area (Å²) in [5, 5.41) is 6.53. The Morgan fingerprint density at radius 3 is 2.83 bits per heavy atom. The lowest BCUT2D eigenvalue weighted by Crippen LogP contribution is -2.50. The van der Waals surface area contributed by atoms with Crippen LogP contribution in [-0.2, 0) is 9.53 Å². The lowest BCUT2D eigenvalue weighted by molar-refractivity contribution is -0.134. The molecule has 0 saturated carbocycles. The molecule has 1 aromatic heterocycles. The molecule has 9 heteroatoms. The highest BCUT2D eigenvalue weighted by molar-refractivity contribution is 5.85. The lowest BCUT2D eigenvalue weighted by atomic mass is 9.97. The number of amides is 2. The number of piperidine rings is 1. The first-order valence-corrected chi connectivity index (χ1v) is 10.0. The van der Waals surface area contributed by atoms with Crippen molar-refractivity contribution in [3.63, 3.8) is 0 Å². The first-order valence-electron chi connectivity index (χ1n) is 10.0. The molecule has 1 aromatic carbocycles. The van der Waals surface area contributed by atoms with Gasteiger partial charge in [-0.2, -0.15) is 4.98 Å². The van der Waals surface area contributed by atoms with Crippen molar-refractivity contribution < 1.29 is 23.2 Å². The van der Waals surface area contributed by atoms with Crippen LogP contribution in [0.4, 0.5) is 9.18 Å². The number of benzene rings is 1. The van der Waals surface area contributed by atoms with E-state index in [-0.39, 0.29) is 17.6 Å². The van der Waals surface area contributed by atoms with Crippen LogP contribution in [0.1, 0.15) is 52.3 Å². The van der Waals surface area contributed by atoms with E-state index in [9.17, 15) is 14.0 Å². The van der Waals surface area contributed by atoms with Gasteiger partial charge in [0, 0.05) is 18.7 Å². The fourth-order valence-corrected chi connectivity index (χ4v) is 3.34. The van der Waals surface area contributed by atoms with Crippen molar-refractivity contribution in [3.8, 4) is 11.4 Å². The van der Waals surface area contributed by atoms with Crippen molar-refractivity contribution in [2.45, 2.75) is 58.1 Å². The molecule has 0 aliphatic carbocycles. The number of nitrogens with zero attached hydrogens (tertiary/aromatic N) is 3. The second-order valence-electron chi connectivity index (χ2n) is 8.46. The molecular formula is C21H27FN4O4. The minimum Gasteiger partial charge on any atom is -0.444 e. The topological polar surface area (TPSA) is 97.6 Å². The van der Waals surface area contributed by atoms with Gasteiger partial charge in [-0.05, 0) is 52.7 Å². The number of halogens is 1. The molecule has 8 nitrogen and oxygen atoms in total. The van der Waals surface area contributed by atoms with Gasteiger partial charge in [0.25, 0.3) is 0 Å². The van der Waals surface area contributed by atoms with Gasteiger partial charge in [-0.3, -0.25) is 4.79 Å². The third-order valence-electron chi connectivity index (χ3n) is 4.71. The van der Waals surface area contributed by atoms with Crippen molar-refractivity contribution in [1.29, 1.82) is 0 Å². The molecule has 1 saturated heterocycles. The van der Waals surface area contributed by atoms with Gasteiger partial charge in [0.1, 0.15) is 17.5 Å². The molecule has 0 radical (unpaired) electrons. The van der Waals surface area contributed by atoms with Gasteiger partial charge >= 0.3 is 6.09 Å². The van der Waals surface area contributed by atoms with Crippen molar-refractivity contribution >= 4 is 12.0 Å². The van der Waals surface area contributed by atoms with E-state index in [0.717, 1.165) is 12.8 Å². The van der Waals surface area contributed by atoms with E-state index in [4.69, 9.17) is 9.26 Å². The lowest BCUT2D eigenvalue weighted by Gasteiger charge is -2.33. The number of hydrogen-bond donors (Lipinski definition) is 1. The predicted molar refractivity (Wildman–Crippen MR) is 107 cm³/mol. The van der Waals surface area contributed by atoms with Crippen molar-refractivity contribution in [2.75, 3.05) is 13.1 Å². The third kappa shape index (κ3) is 5.55. The van der Waals surface area contributed by atoms with Crippen molar-refractivity contribution in [3.05, 3.63) is 36.0 Å². The van der Waals surface area contributed by atoms with Gasteiger partial charge in [-0.1, -0.05) is 17.3 Å². The van der Waals surface area contributed by atoms with Crippen LogP contribution >= 0.6 is 0 Å². The van der Waals surface area contributed by atoms with Crippen LogP contribution in [0, 0.1) is 5.82 Å². The molecule has 1 aliphatic heterocycles. The van der Waals surface area contributed by atoms with Gasteiger partial charge in [0.15, 0.2) is 0 Å². The number of likely N-dealkylation sites (tertiary alicyclic amines) is 1. The molecular weight excluding hydrogens is 391 g/mol. The maximum Gasteiger partial charge on any atom is 0.408 e. The Bertz CT molecular complexity index is 908. The van der Waals surface area contributed by atoms with Crippen molar-refractivity contribution in [2.24, 2.45) is 0 Å². The molecule has 2 aromatic rings. The Labute approximate surface area is 174 Å². The Hall–Kier alpha value is -2.97. The number of carbonyl (C=O) groups is 2. The van der Waals surface area contributed by atoms with E-state index in [1.165, 1.54) is 12.1 Å². The molecule has 2 atom stereocenters. The Morgan fingerprint density at radius 2 is 2.13 bits per heavy atom. The van der Waals surface area contributed by atoms with E-state index < -0.39 is 17.7 Å². The number of carbonyl (C=O) groups excluding carboxylic acids is 2. The van der Waals surface area contributed by atoms with E-state index in [2.05, 4.69) is 15.5 Å². The molecule has 0 bridgehead atoms. The minimum atomic E-state index is -0.718. The summed E-state index contributed by atoms with van der Waals surface area (Å²) < 4.78 is 24.0. The normalized spacial score (nSPS) is 18.0. The molecule has 30 heavy (non-hydrogen) atoms. The Morgan fingerprint density at radius 1 is 1.37 bits per heavy atom. The summed E-state index contributed by atoms with van der Waals surface area (Å²) in [5.41, 5.74) is -0.107. The maximum atomic E-state index is 13.4. The summed E-state index contributed by atoms with van der Waals surface area (Å²) in [7, 11) is 0. The fourth-order valence-electron chi connectivity index (χ4n) is 3.34. The predicted octanol–water partition coefficient (Wildman–Crippen LogP) is 3.49. The van der Waals surface area contributed by atoms with Gasteiger partial charge in [-0.15, -0.1) is 0 Å². The van der Waals surface area contributed by atoms with E-state index in [1.54, 1.807) is 44.7 Å². The number of nitrogens with one attached hydrogen (secondary N) is 1. The van der Waals surface area contributed by atoms with E-state index >= 15 is 0 Å². The first-order chi connectivity index (χ1) is 14.1. The molecule has 3 rings (SSSR count). The van der Waals surface area contributed by atoms with Crippen LogP contribution in [0.15, 0.2) is 28.8 Å². The summed E-state index contributed by atoms with van der Waals surface area (Å²) in [6.07, 6.45) is 0.934. The van der Waals surface area contributed by atoms with Gasteiger partial charge < -0.3 is 19.5 Å². The van der Waals surface area contributed by atoms with Crippen LogP contribution in [0.25, 0.3) is 11.4 Å². The number of alkyl carbamates (subject to hydrolysis) is 1. The molecule has 162 valence electrons. The summed E-state index contributed by atoms with van der Waals surface area (Å²) in [4.78, 5) is 30.8. The highest BCUT2D eigenvalue weighted by Gasteiger charge is 2.31. The van der Waals surface area contributed by atoms with Crippen LogP contribution in [0.5, 0.6) is 0 Å². The summed E-state index contributed by atoms with van der Waals surface area (Å²) in [6.45, 7) is 7.90. The SMILES string of the molecule is C[C@@H](NC(=O)OC(C)(C)C)C(=O)N1CCCC(c2nc(-c3cccc(F)c3)no2)C1. The first kappa shape index (κ1) is 21.7. The molecule has 1 aliphatic rings. The molecule has 1 unspecified atom stereocenters. The Kier molecular flexibility index (Phi) is 6.38. The quantitative estimate of drug-likeness (QED) is 0.816. The summed E-state index contributed by atoms with van der Waals surface area (Å²) in [5.74, 6) is 0.0360. The maximum absolute atomic E-state index is 13.4. The van der Waals surface area contributed by atoms with Gasteiger partial charge in [-0.25, -0.2) is 9.18 Å². The number of aromatic nitrogens is 2. The number of hydrogen-bond acceptors (Lipinski definition) is 6. The molecule has 1 fully saturated rings. The second kappa shape index (κ2) is 8.81. The van der Waals surface area contributed by atoms with Gasteiger partial charge in [0.05, 0.1) is 5.92 Å². The minimum absolute atomic E-state index is 0.119. The molecule has 2 heterocycles. The van der Waals surface area contributed by atoms with Crippen LogP contribution in [-0.4, -0.2) is 51.8 Å². The average molecular weight is 418 g/mol. The zero-order valence-corrected chi connectivity index (χ0v) is 17.6. The Balaban J connectivity index is 1.62. The zero-order valence-electron chi connectivity index (χ0n) is 17.6. The molecule has 0 spiro atoms. The molecule has 2 amide bonds. The molecule has 1 N–H and O–H groups in total. The van der Waals surface area contributed by atoms with Crippen LogP contribution < -0.4 is 5.32 Å². The number of rotatable bonds is 4. The van der Waals surface area contributed by atoms with Gasteiger partial charge in [0.2, 0.25) is 17.6 Å². The third-order valence-corrected chi connectivity index (χ3v) is 4.71.